The Morgan fingerprint density at radius 3 is 2.88 bits per heavy atom. The lowest BCUT2D eigenvalue weighted by Gasteiger charge is -2.19. The molecule has 17 heavy (non-hydrogen) atoms. The predicted octanol–water partition coefficient (Wildman–Crippen LogP) is 0.409. The highest BCUT2D eigenvalue weighted by Crippen LogP contribution is 2.32. The van der Waals surface area contributed by atoms with Crippen molar-refractivity contribution in [3.63, 3.8) is 0 Å². The molecule has 3 rings (SSSR count). The summed E-state index contributed by atoms with van der Waals surface area (Å²) in [6.45, 7) is 2.74. The Morgan fingerprint density at radius 1 is 1.41 bits per heavy atom. The zero-order valence-electron chi connectivity index (χ0n) is 9.93. The third kappa shape index (κ3) is 2.29. The number of hydroxylamine groups is 2. The summed E-state index contributed by atoms with van der Waals surface area (Å²) in [5.74, 6) is 0.638. The highest BCUT2D eigenvalue weighted by atomic mass is 16.7. The molecule has 5 heteroatoms. The number of rotatable bonds is 3. The van der Waals surface area contributed by atoms with Crippen molar-refractivity contribution in [3.05, 3.63) is 0 Å². The van der Waals surface area contributed by atoms with Crippen molar-refractivity contribution in [2.75, 3.05) is 26.2 Å². The fraction of sp³-hybridized carbons (Fsp3) is 0.833. The molecule has 3 fully saturated rings. The molecule has 94 valence electrons. The lowest BCUT2D eigenvalue weighted by atomic mass is 10.1. The average Bonchev–Trinajstić information content (AvgIpc) is 2.84. The SMILES string of the molecule is O=C1CC(C(=O)N2CCCO2)CN1CC1CC1. The Kier molecular flexibility index (Phi) is 2.78. The summed E-state index contributed by atoms with van der Waals surface area (Å²) in [5.41, 5.74) is 0. The van der Waals surface area contributed by atoms with Gasteiger partial charge >= 0.3 is 0 Å². The second kappa shape index (κ2) is 4.29. The highest BCUT2D eigenvalue weighted by molar-refractivity contribution is 5.88. The van der Waals surface area contributed by atoms with Crippen molar-refractivity contribution < 1.29 is 14.4 Å². The lowest BCUT2D eigenvalue weighted by Crippen LogP contribution is -2.35. The molecular weight excluding hydrogens is 220 g/mol. The number of hydrogen-bond acceptors (Lipinski definition) is 3. The molecule has 1 aliphatic carbocycles. The lowest BCUT2D eigenvalue weighted by molar-refractivity contribution is -0.173. The predicted molar refractivity (Wildman–Crippen MR) is 59.7 cm³/mol. The summed E-state index contributed by atoms with van der Waals surface area (Å²) >= 11 is 0. The van der Waals surface area contributed by atoms with Gasteiger partial charge in [0, 0.05) is 19.5 Å². The van der Waals surface area contributed by atoms with Gasteiger partial charge in [-0.15, -0.1) is 0 Å². The molecule has 1 atom stereocenters. The molecule has 2 aliphatic heterocycles. The number of hydrogen-bond donors (Lipinski definition) is 0. The van der Waals surface area contributed by atoms with E-state index < -0.39 is 0 Å². The van der Waals surface area contributed by atoms with E-state index >= 15 is 0 Å². The van der Waals surface area contributed by atoms with E-state index in [1.54, 1.807) is 0 Å². The number of likely N-dealkylation sites (tertiary alicyclic amines) is 1. The molecule has 3 aliphatic rings. The van der Waals surface area contributed by atoms with Crippen LogP contribution in [0.3, 0.4) is 0 Å². The Bertz CT molecular complexity index is 335. The topological polar surface area (TPSA) is 49.9 Å². The zero-order valence-corrected chi connectivity index (χ0v) is 9.93. The van der Waals surface area contributed by atoms with Crippen molar-refractivity contribution >= 4 is 11.8 Å². The number of carbonyl (C=O) groups excluding carboxylic acids is 2. The van der Waals surface area contributed by atoms with Crippen LogP contribution in [0.15, 0.2) is 0 Å². The first-order chi connectivity index (χ1) is 8.24. The number of nitrogens with zero attached hydrogens (tertiary/aromatic N) is 2. The molecule has 0 aromatic carbocycles. The van der Waals surface area contributed by atoms with E-state index in [2.05, 4.69) is 0 Å². The maximum atomic E-state index is 12.1. The Labute approximate surface area is 101 Å². The van der Waals surface area contributed by atoms with Gasteiger partial charge in [-0.05, 0) is 25.2 Å². The molecule has 1 unspecified atom stereocenters. The maximum absolute atomic E-state index is 12.1. The molecule has 0 aromatic rings. The van der Waals surface area contributed by atoms with E-state index in [0.29, 0.717) is 32.0 Å². The first-order valence-electron chi connectivity index (χ1n) is 6.46. The van der Waals surface area contributed by atoms with Crippen molar-refractivity contribution in [1.29, 1.82) is 0 Å². The summed E-state index contributed by atoms with van der Waals surface area (Å²) in [7, 11) is 0. The molecule has 1 saturated carbocycles. The van der Waals surface area contributed by atoms with Gasteiger partial charge in [-0.25, -0.2) is 5.06 Å². The van der Waals surface area contributed by atoms with Crippen LogP contribution in [0.1, 0.15) is 25.7 Å². The molecule has 0 aromatic heterocycles. The molecule has 0 bridgehead atoms. The molecule has 2 saturated heterocycles. The first-order valence-corrected chi connectivity index (χ1v) is 6.46. The van der Waals surface area contributed by atoms with Crippen LogP contribution in [0.2, 0.25) is 0 Å². The van der Waals surface area contributed by atoms with Crippen LogP contribution < -0.4 is 0 Å². The van der Waals surface area contributed by atoms with E-state index in [4.69, 9.17) is 4.84 Å². The van der Waals surface area contributed by atoms with Crippen LogP contribution >= 0.6 is 0 Å². The van der Waals surface area contributed by atoms with Gasteiger partial charge in [0.2, 0.25) is 5.91 Å². The largest absolute Gasteiger partial charge is 0.342 e. The minimum atomic E-state index is -0.181. The van der Waals surface area contributed by atoms with E-state index in [0.717, 1.165) is 13.0 Å². The number of carbonyl (C=O) groups is 2. The normalized spacial score (nSPS) is 29.2. The van der Waals surface area contributed by atoms with Gasteiger partial charge in [-0.3, -0.25) is 14.4 Å². The van der Waals surface area contributed by atoms with Crippen LogP contribution in [0.25, 0.3) is 0 Å². The second-order valence-electron chi connectivity index (χ2n) is 5.27. The van der Waals surface area contributed by atoms with E-state index in [1.807, 2.05) is 4.90 Å². The fourth-order valence-corrected chi connectivity index (χ4v) is 2.55. The Hall–Kier alpha value is -1.10. The van der Waals surface area contributed by atoms with Gasteiger partial charge in [0.05, 0.1) is 19.1 Å². The van der Waals surface area contributed by atoms with Crippen LogP contribution in [-0.2, 0) is 14.4 Å². The zero-order chi connectivity index (χ0) is 11.8. The molecular formula is C12H18N2O3. The monoisotopic (exact) mass is 238 g/mol. The Morgan fingerprint density at radius 2 is 2.24 bits per heavy atom. The third-order valence-electron chi connectivity index (χ3n) is 3.74. The maximum Gasteiger partial charge on any atom is 0.251 e. The first kappa shape index (κ1) is 11.0. The van der Waals surface area contributed by atoms with Gasteiger partial charge < -0.3 is 4.90 Å². The van der Waals surface area contributed by atoms with Gasteiger partial charge in [-0.1, -0.05) is 0 Å². The van der Waals surface area contributed by atoms with Crippen molar-refractivity contribution in [2.45, 2.75) is 25.7 Å². The van der Waals surface area contributed by atoms with Crippen molar-refractivity contribution in [1.82, 2.24) is 9.96 Å². The molecule has 0 N–H and O–H groups in total. The quantitative estimate of drug-likeness (QED) is 0.715. The van der Waals surface area contributed by atoms with Gasteiger partial charge in [0.25, 0.3) is 5.91 Å². The summed E-state index contributed by atoms with van der Waals surface area (Å²) in [5, 5.41) is 1.44. The van der Waals surface area contributed by atoms with E-state index in [9.17, 15) is 9.59 Å². The van der Waals surface area contributed by atoms with E-state index in [-0.39, 0.29) is 17.7 Å². The van der Waals surface area contributed by atoms with Crippen LogP contribution in [0.4, 0.5) is 0 Å². The molecule has 0 spiro atoms. The van der Waals surface area contributed by atoms with Crippen LogP contribution in [-0.4, -0.2) is 48.0 Å². The Balaban J connectivity index is 1.57. The van der Waals surface area contributed by atoms with Gasteiger partial charge in [0.1, 0.15) is 0 Å². The number of amides is 2. The average molecular weight is 238 g/mol. The van der Waals surface area contributed by atoms with E-state index in [1.165, 1.54) is 17.9 Å². The smallest absolute Gasteiger partial charge is 0.251 e. The fourth-order valence-electron chi connectivity index (χ4n) is 2.55. The van der Waals surface area contributed by atoms with Gasteiger partial charge in [0.15, 0.2) is 0 Å². The van der Waals surface area contributed by atoms with Crippen LogP contribution in [0.5, 0.6) is 0 Å². The van der Waals surface area contributed by atoms with Gasteiger partial charge in [-0.2, -0.15) is 0 Å². The van der Waals surface area contributed by atoms with Crippen molar-refractivity contribution in [2.24, 2.45) is 11.8 Å². The summed E-state index contributed by atoms with van der Waals surface area (Å²) in [4.78, 5) is 30.9. The minimum absolute atomic E-state index is 0.00542. The summed E-state index contributed by atoms with van der Waals surface area (Å²) < 4.78 is 0. The summed E-state index contributed by atoms with van der Waals surface area (Å²) in [6.07, 6.45) is 3.73. The molecule has 0 radical (unpaired) electrons. The standard InChI is InChI=1S/C12H18N2O3/c15-11-6-10(8-13(11)7-9-2-3-9)12(16)14-4-1-5-17-14/h9-10H,1-8H2. The minimum Gasteiger partial charge on any atom is -0.342 e. The second-order valence-corrected chi connectivity index (χ2v) is 5.27. The summed E-state index contributed by atoms with van der Waals surface area (Å²) in [6, 6.07) is 0. The molecule has 2 amide bonds. The molecule has 2 heterocycles. The van der Waals surface area contributed by atoms with Crippen LogP contribution in [0, 0.1) is 11.8 Å². The highest BCUT2D eigenvalue weighted by Gasteiger charge is 2.39. The molecule has 5 nitrogen and oxygen atoms in total. The third-order valence-corrected chi connectivity index (χ3v) is 3.74. The van der Waals surface area contributed by atoms with Crippen molar-refractivity contribution in [3.8, 4) is 0 Å².